The SMILES string of the molecule is COc1ccccc1OC(C)CN=C(N)Nc1ccccc1OC(F)(F)F. The van der Waals surface area contributed by atoms with E-state index in [0.717, 1.165) is 0 Å². The monoisotopic (exact) mass is 383 g/mol. The summed E-state index contributed by atoms with van der Waals surface area (Å²) in [6.45, 7) is 1.96. The number of anilines is 1. The molecule has 0 aliphatic carbocycles. The third-order valence-electron chi connectivity index (χ3n) is 3.29. The lowest BCUT2D eigenvalue weighted by molar-refractivity contribution is -0.274. The molecular formula is C18H20F3N3O3. The summed E-state index contributed by atoms with van der Waals surface area (Å²) in [6.07, 6.45) is -5.15. The first-order valence-electron chi connectivity index (χ1n) is 8.00. The Morgan fingerprint density at radius 3 is 2.30 bits per heavy atom. The van der Waals surface area contributed by atoms with E-state index in [1.54, 1.807) is 31.2 Å². The van der Waals surface area contributed by atoms with E-state index in [4.69, 9.17) is 15.2 Å². The Kier molecular flexibility index (Phi) is 6.75. The smallest absolute Gasteiger partial charge is 0.493 e. The minimum atomic E-state index is -4.80. The fourth-order valence-electron chi connectivity index (χ4n) is 2.16. The summed E-state index contributed by atoms with van der Waals surface area (Å²) in [5, 5.41) is 2.60. The minimum Gasteiger partial charge on any atom is -0.493 e. The van der Waals surface area contributed by atoms with Crippen molar-refractivity contribution >= 4 is 11.6 Å². The topological polar surface area (TPSA) is 78.1 Å². The fourth-order valence-corrected chi connectivity index (χ4v) is 2.16. The van der Waals surface area contributed by atoms with Crippen LogP contribution in [0.1, 0.15) is 6.92 Å². The second-order valence-corrected chi connectivity index (χ2v) is 5.47. The quantitative estimate of drug-likeness (QED) is 0.562. The van der Waals surface area contributed by atoms with E-state index in [2.05, 4.69) is 15.0 Å². The van der Waals surface area contributed by atoms with Gasteiger partial charge in [-0.15, -0.1) is 13.2 Å². The van der Waals surface area contributed by atoms with Crippen molar-refractivity contribution in [3.05, 3.63) is 48.5 Å². The average molecular weight is 383 g/mol. The molecule has 2 aromatic rings. The van der Waals surface area contributed by atoms with Gasteiger partial charge in [0.1, 0.15) is 6.10 Å². The molecule has 0 aliphatic heterocycles. The number of methoxy groups -OCH3 is 1. The number of para-hydroxylation sites is 4. The van der Waals surface area contributed by atoms with Crippen LogP contribution in [0.25, 0.3) is 0 Å². The molecule has 2 rings (SSSR count). The first-order chi connectivity index (χ1) is 12.8. The largest absolute Gasteiger partial charge is 0.573 e. The summed E-state index contributed by atoms with van der Waals surface area (Å²) in [5.74, 6) is 0.668. The zero-order valence-electron chi connectivity index (χ0n) is 14.8. The Morgan fingerprint density at radius 2 is 1.67 bits per heavy atom. The number of hydrogen-bond acceptors (Lipinski definition) is 4. The number of ether oxygens (including phenoxy) is 3. The van der Waals surface area contributed by atoms with Crippen molar-refractivity contribution in [3.8, 4) is 17.2 Å². The van der Waals surface area contributed by atoms with Gasteiger partial charge in [-0.05, 0) is 31.2 Å². The standard InChI is InChI=1S/C18H20F3N3O3/c1-12(26-16-10-6-5-9-15(16)25-2)11-23-17(22)24-13-7-3-4-8-14(13)27-18(19,20)21/h3-10,12H,11H2,1-2H3,(H3,22,23,24). The number of nitrogens with two attached hydrogens (primary N) is 1. The predicted molar refractivity (Wildman–Crippen MR) is 96.3 cm³/mol. The van der Waals surface area contributed by atoms with Crippen LogP contribution in [0.15, 0.2) is 53.5 Å². The molecule has 0 bridgehead atoms. The van der Waals surface area contributed by atoms with Crippen molar-refractivity contribution in [2.24, 2.45) is 10.7 Å². The van der Waals surface area contributed by atoms with E-state index in [1.807, 2.05) is 6.07 Å². The van der Waals surface area contributed by atoms with Gasteiger partial charge >= 0.3 is 6.36 Å². The van der Waals surface area contributed by atoms with E-state index < -0.39 is 12.1 Å². The Bertz CT molecular complexity index is 782. The maximum absolute atomic E-state index is 12.4. The lowest BCUT2D eigenvalue weighted by Gasteiger charge is -2.16. The van der Waals surface area contributed by atoms with Gasteiger partial charge < -0.3 is 25.3 Å². The Morgan fingerprint density at radius 1 is 1.07 bits per heavy atom. The Hall–Kier alpha value is -3.10. The van der Waals surface area contributed by atoms with Crippen LogP contribution in [0.5, 0.6) is 17.2 Å². The van der Waals surface area contributed by atoms with Crippen LogP contribution in [-0.2, 0) is 0 Å². The van der Waals surface area contributed by atoms with E-state index in [9.17, 15) is 13.2 Å². The molecule has 27 heavy (non-hydrogen) atoms. The van der Waals surface area contributed by atoms with Gasteiger partial charge in [-0.1, -0.05) is 24.3 Å². The molecule has 0 aromatic heterocycles. The van der Waals surface area contributed by atoms with Crippen LogP contribution < -0.4 is 25.3 Å². The molecule has 0 radical (unpaired) electrons. The van der Waals surface area contributed by atoms with Crippen molar-refractivity contribution in [3.63, 3.8) is 0 Å². The van der Waals surface area contributed by atoms with Gasteiger partial charge in [-0.2, -0.15) is 0 Å². The second-order valence-electron chi connectivity index (χ2n) is 5.47. The third-order valence-corrected chi connectivity index (χ3v) is 3.29. The first kappa shape index (κ1) is 20.2. The minimum absolute atomic E-state index is 0.0503. The van der Waals surface area contributed by atoms with Gasteiger partial charge in [-0.25, -0.2) is 4.99 Å². The van der Waals surface area contributed by atoms with Gasteiger partial charge in [0.15, 0.2) is 23.2 Å². The van der Waals surface area contributed by atoms with Crippen molar-refractivity contribution in [1.82, 2.24) is 0 Å². The molecule has 0 aliphatic rings. The van der Waals surface area contributed by atoms with Gasteiger partial charge in [0, 0.05) is 0 Å². The number of guanidine groups is 1. The highest BCUT2D eigenvalue weighted by atomic mass is 19.4. The number of rotatable bonds is 7. The summed E-state index contributed by atoms with van der Waals surface area (Å²) >= 11 is 0. The molecule has 0 saturated heterocycles. The summed E-state index contributed by atoms with van der Waals surface area (Å²) in [7, 11) is 1.54. The van der Waals surface area contributed by atoms with E-state index in [-0.39, 0.29) is 24.3 Å². The number of nitrogens with one attached hydrogen (secondary N) is 1. The second kappa shape index (κ2) is 9.02. The molecule has 0 amide bonds. The molecule has 6 nitrogen and oxygen atoms in total. The predicted octanol–water partition coefficient (Wildman–Crippen LogP) is 3.79. The fraction of sp³-hybridized carbons (Fsp3) is 0.278. The summed E-state index contributed by atoms with van der Waals surface area (Å²) in [5.41, 5.74) is 5.81. The maximum Gasteiger partial charge on any atom is 0.573 e. The summed E-state index contributed by atoms with van der Waals surface area (Å²) in [4.78, 5) is 4.09. The average Bonchev–Trinajstić information content (AvgIpc) is 2.61. The number of hydrogen-bond donors (Lipinski definition) is 2. The van der Waals surface area contributed by atoms with E-state index >= 15 is 0 Å². The van der Waals surface area contributed by atoms with Crippen molar-refractivity contribution in [2.75, 3.05) is 19.0 Å². The van der Waals surface area contributed by atoms with Crippen molar-refractivity contribution in [2.45, 2.75) is 19.4 Å². The highest BCUT2D eigenvalue weighted by Gasteiger charge is 2.32. The molecule has 1 unspecified atom stereocenters. The molecule has 0 spiro atoms. The number of alkyl halides is 3. The van der Waals surface area contributed by atoms with Crippen molar-refractivity contribution < 1.29 is 27.4 Å². The van der Waals surface area contributed by atoms with Gasteiger partial charge in [0.2, 0.25) is 0 Å². The summed E-state index contributed by atoms with van der Waals surface area (Å²) < 4.78 is 52.2. The highest BCUT2D eigenvalue weighted by molar-refractivity contribution is 5.93. The zero-order chi connectivity index (χ0) is 19.9. The Balaban J connectivity index is 1.98. The molecule has 1 atom stereocenters. The van der Waals surface area contributed by atoms with Gasteiger partial charge in [0.05, 0.1) is 19.3 Å². The molecule has 146 valence electrons. The van der Waals surface area contributed by atoms with Crippen molar-refractivity contribution in [1.29, 1.82) is 0 Å². The molecule has 2 aromatic carbocycles. The van der Waals surface area contributed by atoms with Crippen LogP contribution >= 0.6 is 0 Å². The van der Waals surface area contributed by atoms with Crippen LogP contribution in [0.2, 0.25) is 0 Å². The number of benzene rings is 2. The molecule has 0 heterocycles. The number of aliphatic imine (C=N–C) groups is 1. The number of halogens is 3. The first-order valence-corrected chi connectivity index (χ1v) is 8.00. The number of nitrogens with zero attached hydrogens (tertiary/aromatic N) is 1. The van der Waals surface area contributed by atoms with Gasteiger partial charge in [-0.3, -0.25) is 0 Å². The lowest BCUT2D eigenvalue weighted by Crippen LogP contribution is -2.26. The maximum atomic E-state index is 12.4. The summed E-state index contributed by atoms with van der Waals surface area (Å²) in [6, 6.07) is 12.7. The highest BCUT2D eigenvalue weighted by Crippen LogP contribution is 2.30. The Labute approximate surface area is 154 Å². The van der Waals surface area contributed by atoms with Crippen LogP contribution in [-0.4, -0.2) is 32.1 Å². The normalized spacial score (nSPS) is 13.0. The third kappa shape index (κ3) is 6.61. The van der Waals surface area contributed by atoms with E-state index in [0.29, 0.717) is 11.5 Å². The van der Waals surface area contributed by atoms with Crippen LogP contribution in [0.3, 0.4) is 0 Å². The molecule has 3 N–H and O–H groups in total. The lowest BCUT2D eigenvalue weighted by atomic mass is 10.3. The van der Waals surface area contributed by atoms with Crippen LogP contribution in [0.4, 0.5) is 18.9 Å². The van der Waals surface area contributed by atoms with Gasteiger partial charge in [0.25, 0.3) is 0 Å². The molecule has 9 heteroatoms. The molecular weight excluding hydrogens is 363 g/mol. The molecule has 0 saturated carbocycles. The van der Waals surface area contributed by atoms with E-state index in [1.165, 1.54) is 25.3 Å². The molecule has 0 fully saturated rings. The zero-order valence-corrected chi connectivity index (χ0v) is 14.8. The van der Waals surface area contributed by atoms with Crippen LogP contribution in [0, 0.1) is 0 Å².